The van der Waals surface area contributed by atoms with Crippen LogP contribution in [0.2, 0.25) is 0 Å². The van der Waals surface area contributed by atoms with E-state index in [-0.39, 0.29) is 35.7 Å². The maximum absolute atomic E-state index is 5.23. The standard InChI is InChI=1S/C6H14N16/c7-17-1-11-2(18-8)14-5(13-1)21-22-6-15-3(19-9)12-4(16-6)20-10/h7-10H2,(H3,11,13,14,17,18,21)(H3,12,15,16,19,20,22). The average molecular weight is 310 g/mol. The van der Waals surface area contributed by atoms with E-state index >= 15 is 0 Å². The number of nitrogens with zero attached hydrogens (tertiary/aromatic N) is 6. The van der Waals surface area contributed by atoms with Gasteiger partial charge in [-0.05, 0) is 0 Å². The molecule has 0 amide bonds. The molecule has 0 aliphatic rings. The van der Waals surface area contributed by atoms with Crippen LogP contribution < -0.4 is 55.9 Å². The molecule has 0 unspecified atom stereocenters. The third-order valence-electron chi connectivity index (χ3n) is 2.07. The van der Waals surface area contributed by atoms with Gasteiger partial charge in [-0.15, -0.1) is 0 Å². The van der Waals surface area contributed by atoms with E-state index in [0.29, 0.717) is 0 Å². The van der Waals surface area contributed by atoms with Crippen LogP contribution in [0.1, 0.15) is 0 Å². The number of nitrogens with two attached hydrogens (primary N) is 4. The predicted molar refractivity (Wildman–Crippen MR) is 78.1 cm³/mol. The predicted octanol–water partition coefficient (Wildman–Crippen LogP) is -3.36. The second-order valence-electron chi connectivity index (χ2n) is 3.44. The average Bonchev–Trinajstić information content (AvgIpc) is 2.59. The number of hydrazine groups is 5. The number of anilines is 6. The SMILES string of the molecule is NNc1nc(NN)nc(NNc2nc(NN)nc(NN)n2)n1. The van der Waals surface area contributed by atoms with Crippen molar-refractivity contribution in [2.45, 2.75) is 0 Å². The van der Waals surface area contributed by atoms with Gasteiger partial charge in [0.1, 0.15) is 0 Å². The summed E-state index contributed by atoms with van der Waals surface area (Å²) in [5.74, 6) is 21.4. The molecule has 0 radical (unpaired) electrons. The largest absolute Gasteiger partial charge is 0.292 e. The molecule has 0 fully saturated rings. The maximum atomic E-state index is 5.23. The summed E-state index contributed by atoms with van der Waals surface area (Å²) < 4.78 is 0. The molecule has 22 heavy (non-hydrogen) atoms. The van der Waals surface area contributed by atoms with Crippen LogP contribution in [0.25, 0.3) is 0 Å². The Kier molecular flexibility index (Phi) is 4.72. The lowest BCUT2D eigenvalue weighted by Gasteiger charge is -2.10. The van der Waals surface area contributed by atoms with Crippen LogP contribution >= 0.6 is 0 Å². The van der Waals surface area contributed by atoms with E-state index in [1.807, 2.05) is 0 Å². The van der Waals surface area contributed by atoms with E-state index in [4.69, 9.17) is 23.4 Å². The van der Waals surface area contributed by atoms with Gasteiger partial charge in [0.05, 0.1) is 0 Å². The molecule has 0 spiro atoms. The fraction of sp³-hybridized carbons (Fsp3) is 0. The zero-order valence-corrected chi connectivity index (χ0v) is 11.0. The molecule has 2 rings (SSSR count). The van der Waals surface area contributed by atoms with Gasteiger partial charge in [-0.1, -0.05) is 0 Å². The van der Waals surface area contributed by atoms with Crippen LogP contribution in [0.4, 0.5) is 35.7 Å². The molecule has 0 saturated heterocycles. The second kappa shape index (κ2) is 6.90. The normalized spacial score (nSPS) is 9.82. The Morgan fingerprint density at radius 2 is 0.636 bits per heavy atom. The Labute approximate surface area is 122 Å². The summed E-state index contributed by atoms with van der Waals surface area (Å²) in [6.07, 6.45) is 0. The van der Waals surface area contributed by atoms with Gasteiger partial charge in [-0.3, -0.25) is 32.6 Å². The first-order chi connectivity index (χ1) is 10.7. The fourth-order valence-corrected chi connectivity index (χ4v) is 1.23. The van der Waals surface area contributed by atoms with Crippen molar-refractivity contribution < 1.29 is 0 Å². The Hall–Kier alpha value is -3.34. The first kappa shape index (κ1) is 15.1. The summed E-state index contributed by atoms with van der Waals surface area (Å²) in [6.45, 7) is 0. The molecule has 118 valence electrons. The van der Waals surface area contributed by atoms with Crippen LogP contribution in [0.15, 0.2) is 0 Å². The molecule has 16 nitrogen and oxygen atoms in total. The molecule has 0 saturated carbocycles. The highest BCUT2D eigenvalue weighted by molar-refractivity contribution is 5.46. The van der Waals surface area contributed by atoms with Crippen LogP contribution in [-0.4, -0.2) is 29.9 Å². The van der Waals surface area contributed by atoms with E-state index in [1.165, 1.54) is 0 Å². The number of rotatable bonds is 7. The molecule has 14 N–H and O–H groups in total. The lowest BCUT2D eigenvalue weighted by molar-refractivity contribution is 0.991. The summed E-state index contributed by atoms with van der Waals surface area (Å²) in [5, 5.41) is 0. The van der Waals surface area contributed by atoms with E-state index in [1.54, 1.807) is 0 Å². The van der Waals surface area contributed by atoms with Crippen molar-refractivity contribution in [1.29, 1.82) is 0 Å². The van der Waals surface area contributed by atoms with Gasteiger partial charge in [0, 0.05) is 0 Å². The Bertz CT molecular complexity index is 526. The van der Waals surface area contributed by atoms with Gasteiger partial charge in [0.2, 0.25) is 35.7 Å². The lowest BCUT2D eigenvalue weighted by atomic mass is 10.8. The van der Waals surface area contributed by atoms with E-state index in [2.05, 4.69) is 62.5 Å². The third kappa shape index (κ3) is 3.61. The van der Waals surface area contributed by atoms with E-state index in [0.717, 1.165) is 0 Å². The number of nitrogens with one attached hydrogen (secondary N) is 6. The Morgan fingerprint density at radius 3 is 0.864 bits per heavy atom. The fourth-order valence-electron chi connectivity index (χ4n) is 1.23. The molecular formula is C6H14N16. The van der Waals surface area contributed by atoms with Gasteiger partial charge >= 0.3 is 0 Å². The molecule has 2 heterocycles. The van der Waals surface area contributed by atoms with Crippen LogP contribution in [0.3, 0.4) is 0 Å². The Morgan fingerprint density at radius 1 is 0.409 bits per heavy atom. The molecule has 16 heteroatoms. The molecule has 2 aromatic heterocycles. The minimum absolute atomic E-state index is 0.0801. The maximum Gasteiger partial charge on any atom is 0.248 e. The van der Waals surface area contributed by atoms with E-state index < -0.39 is 0 Å². The lowest BCUT2D eigenvalue weighted by Crippen LogP contribution is -2.21. The number of nitrogen functional groups attached to an aromatic ring is 4. The van der Waals surface area contributed by atoms with Crippen molar-refractivity contribution in [3.05, 3.63) is 0 Å². The highest BCUT2D eigenvalue weighted by atomic mass is 15.5. The van der Waals surface area contributed by atoms with Crippen molar-refractivity contribution in [3.8, 4) is 0 Å². The topological polar surface area (TPSA) is 254 Å². The van der Waals surface area contributed by atoms with Crippen LogP contribution in [-0.2, 0) is 0 Å². The van der Waals surface area contributed by atoms with Crippen molar-refractivity contribution in [3.63, 3.8) is 0 Å². The van der Waals surface area contributed by atoms with Crippen LogP contribution in [0, 0.1) is 0 Å². The number of aromatic nitrogens is 6. The molecular weight excluding hydrogens is 296 g/mol. The molecule has 0 aliphatic carbocycles. The second-order valence-corrected chi connectivity index (χ2v) is 3.44. The third-order valence-corrected chi connectivity index (χ3v) is 2.07. The monoisotopic (exact) mass is 310 g/mol. The smallest absolute Gasteiger partial charge is 0.248 e. The first-order valence-electron chi connectivity index (χ1n) is 5.59. The first-order valence-corrected chi connectivity index (χ1v) is 5.59. The van der Waals surface area contributed by atoms with E-state index in [9.17, 15) is 0 Å². The Balaban J connectivity index is 2.15. The van der Waals surface area contributed by atoms with Gasteiger partial charge in [0.15, 0.2) is 0 Å². The minimum atomic E-state index is 0.0801. The number of hydrogen-bond acceptors (Lipinski definition) is 16. The van der Waals surface area contributed by atoms with Gasteiger partial charge < -0.3 is 0 Å². The van der Waals surface area contributed by atoms with Gasteiger partial charge in [0.25, 0.3) is 0 Å². The van der Waals surface area contributed by atoms with Gasteiger partial charge in [-0.25, -0.2) is 23.4 Å². The highest BCUT2D eigenvalue weighted by Crippen LogP contribution is 2.10. The zero-order valence-electron chi connectivity index (χ0n) is 11.0. The zero-order chi connectivity index (χ0) is 15.9. The summed E-state index contributed by atoms with van der Waals surface area (Å²) >= 11 is 0. The summed E-state index contributed by atoms with van der Waals surface area (Å²) in [7, 11) is 0. The number of hydrogen-bond donors (Lipinski definition) is 10. The molecule has 0 bridgehead atoms. The molecule has 0 aliphatic heterocycles. The quantitative estimate of drug-likeness (QED) is 0.177. The van der Waals surface area contributed by atoms with Crippen molar-refractivity contribution in [1.82, 2.24) is 29.9 Å². The summed E-state index contributed by atoms with van der Waals surface area (Å²) in [4.78, 5) is 23.3. The van der Waals surface area contributed by atoms with Crippen molar-refractivity contribution in [2.75, 3.05) is 32.6 Å². The van der Waals surface area contributed by atoms with Gasteiger partial charge in [-0.2, -0.15) is 29.9 Å². The minimum Gasteiger partial charge on any atom is -0.292 e. The van der Waals surface area contributed by atoms with Crippen molar-refractivity contribution >= 4 is 35.7 Å². The molecule has 0 aromatic carbocycles. The molecule has 0 atom stereocenters. The summed E-state index contributed by atoms with van der Waals surface area (Å²) in [5.41, 5.74) is 14.3. The summed E-state index contributed by atoms with van der Waals surface area (Å²) in [6, 6.07) is 0. The van der Waals surface area contributed by atoms with Crippen molar-refractivity contribution in [2.24, 2.45) is 23.4 Å². The molecule has 2 aromatic rings. The highest BCUT2D eigenvalue weighted by Gasteiger charge is 2.07. The van der Waals surface area contributed by atoms with Crippen LogP contribution in [0.5, 0.6) is 0 Å².